The van der Waals surface area contributed by atoms with Gasteiger partial charge in [-0.25, -0.2) is 9.37 Å². The molecule has 0 spiro atoms. The second-order valence-corrected chi connectivity index (χ2v) is 7.80. The van der Waals surface area contributed by atoms with Crippen LogP contribution in [0.5, 0.6) is 0 Å². The van der Waals surface area contributed by atoms with Crippen molar-refractivity contribution < 1.29 is 14.3 Å². The smallest absolute Gasteiger partial charge is 0.272 e. The molecule has 1 atom stereocenters. The number of rotatable bonds is 6. The van der Waals surface area contributed by atoms with Crippen molar-refractivity contribution in [3.63, 3.8) is 0 Å². The summed E-state index contributed by atoms with van der Waals surface area (Å²) in [6.45, 7) is 0.521. The fourth-order valence-corrected chi connectivity index (χ4v) is 4.30. The van der Waals surface area contributed by atoms with E-state index in [1.54, 1.807) is 12.1 Å². The first-order chi connectivity index (χ1) is 14.2. The topological polar surface area (TPSA) is 66.6 Å². The average Bonchev–Trinajstić information content (AvgIpc) is 3.15. The Bertz CT molecular complexity index is 977. The van der Waals surface area contributed by atoms with E-state index in [1.807, 2.05) is 28.8 Å². The van der Waals surface area contributed by atoms with Gasteiger partial charge in [0, 0.05) is 30.8 Å². The van der Waals surface area contributed by atoms with Gasteiger partial charge in [-0.15, -0.1) is 0 Å². The summed E-state index contributed by atoms with van der Waals surface area (Å²) in [4.78, 5) is 17.5. The van der Waals surface area contributed by atoms with E-state index >= 15 is 0 Å². The standard InChI is InChI=1S/C23H26FN3O2/c24-19-11-9-17(10-12-19)22-26-21(20-8-4-5-13-27(20)22)23(29)25-14-18(15-28)16-6-2-1-3-7-16/h4-5,8-13,16,18,28H,1-3,6-7,14-15H2,(H,25,29). The minimum atomic E-state index is -0.315. The number of carbonyl (C=O) groups excluding carboxylic acids is 1. The summed E-state index contributed by atoms with van der Waals surface area (Å²) in [5, 5.41) is 12.8. The summed E-state index contributed by atoms with van der Waals surface area (Å²) in [5.74, 6) is 0.561. The molecule has 0 saturated heterocycles. The van der Waals surface area contributed by atoms with Gasteiger partial charge in [-0.05, 0) is 42.3 Å². The van der Waals surface area contributed by atoms with Crippen LogP contribution in [0.3, 0.4) is 0 Å². The van der Waals surface area contributed by atoms with Crippen LogP contribution < -0.4 is 5.32 Å². The Hall–Kier alpha value is -2.73. The zero-order valence-electron chi connectivity index (χ0n) is 16.4. The van der Waals surface area contributed by atoms with E-state index in [-0.39, 0.29) is 24.2 Å². The van der Waals surface area contributed by atoms with Crippen molar-refractivity contribution in [1.29, 1.82) is 0 Å². The number of hydrogen-bond acceptors (Lipinski definition) is 3. The van der Waals surface area contributed by atoms with Gasteiger partial charge < -0.3 is 10.4 Å². The molecule has 1 aliphatic carbocycles. The van der Waals surface area contributed by atoms with Gasteiger partial charge in [-0.3, -0.25) is 9.20 Å². The van der Waals surface area contributed by atoms with Crippen molar-refractivity contribution in [1.82, 2.24) is 14.7 Å². The number of nitrogens with zero attached hydrogens (tertiary/aromatic N) is 2. The molecule has 1 amide bonds. The van der Waals surface area contributed by atoms with Crippen LogP contribution >= 0.6 is 0 Å². The van der Waals surface area contributed by atoms with E-state index in [4.69, 9.17) is 0 Å². The number of imidazole rings is 1. The zero-order valence-corrected chi connectivity index (χ0v) is 16.4. The second-order valence-electron chi connectivity index (χ2n) is 7.80. The van der Waals surface area contributed by atoms with Crippen LogP contribution in [0.15, 0.2) is 48.7 Å². The molecule has 1 unspecified atom stereocenters. The van der Waals surface area contributed by atoms with Gasteiger partial charge in [-0.2, -0.15) is 0 Å². The quantitative estimate of drug-likeness (QED) is 0.661. The summed E-state index contributed by atoms with van der Waals surface area (Å²) >= 11 is 0. The van der Waals surface area contributed by atoms with Gasteiger partial charge in [0.05, 0.1) is 5.52 Å². The lowest BCUT2D eigenvalue weighted by Crippen LogP contribution is -2.35. The number of amides is 1. The van der Waals surface area contributed by atoms with E-state index in [0.717, 1.165) is 18.4 Å². The lowest BCUT2D eigenvalue weighted by molar-refractivity contribution is 0.0911. The first-order valence-corrected chi connectivity index (χ1v) is 10.3. The molecule has 1 aromatic carbocycles. The molecule has 152 valence electrons. The predicted molar refractivity (Wildman–Crippen MR) is 110 cm³/mol. The summed E-state index contributed by atoms with van der Waals surface area (Å²) in [5.41, 5.74) is 1.77. The van der Waals surface area contributed by atoms with E-state index in [9.17, 15) is 14.3 Å². The molecule has 1 saturated carbocycles. The van der Waals surface area contributed by atoms with Crippen molar-refractivity contribution in [2.45, 2.75) is 32.1 Å². The highest BCUT2D eigenvalue weighted by molar-refractivity contribution is 6.00. The van der Waals surface area contributed by atoms with E-state index in [0.29, 0.717) is 29.5 Å². The summed E-state index contributed by atoms with van der Waals surface area (Å²) in [6, 6.07) is 11.7. The van der Waals surface area contributed by atoms with Crippen LogP contribution in [0.25, 0.3) is 16.9 Å². The Labute approximate surface area is 169 Å². The van der Waals surface area contributed by atoms with Gasteiger partial charge >= 0.3 is 0 Å². The first-order valence-electron chi connectivity index (χ1n) is 10.3. The number of carbonyl (C=O) groups is 1. The number of aromatic nitrogens is 2. The van der Waals surface area contributed by atoms with Crippen molar-refractivity contribution in [3.05, 3.63) is 60.2 Å². The first kappa shape index (κ1) is 19.6. The molecule has 6 heteroatoms. The van der Waals surface area contributed by atoms with E-state index < -0.39 is 0 Å². The minimum absolute atomic E-state index is 0.0738. The summed E-state index contributed by atoms with van der Waals surface area (Å²) < 4.78 is 15.1. The molecule has 2 aromatic heterocycles. The molecule has 5 nitrogen and oxygen atoms in total. The molecular weight excluding hydrogens is 369 g/mol. The number of benzene rings is 1. The highest BCUT2D eigenvalue weighted by atomic mass is 19.1. The monoisotopic (exact) mass is 395 g/mol. The Balaban J connectivity index is 1.56. The largest absolute Gasteiger partial charge is 0.396 e. The second kappa shape index (κ2) is 8.74. The molecule has 1 aliphatic rings. The number of pyridine rings is 1. The van der Waals surface area contributed by atoms with Crippen molar-refractivity contribution in [2.24, 2.45) is 11.8 Å². The molecule has 0 radical (unpaired) electrons. The molecule has 1 fully saturated rings. The maximum atomic E-state index is 13.3. The Kier molecular flexibility index (Phi) is 5.90. The molecule has 29 heavy (non-hydrogen) atoms. The Morgan fingerprint density at radius 3 is 2.66 bits per heavy atom. The lowest BCUT2D eigenvalue weighted by Gasteiger charge is -2.29. The Morgan fingerprint density at radius 1 is 1.17 bits per heavy atom. The molecule has 0 bridgehead atoms. The number of aliphatic hydroxyl groups excluding tert-OH is 1. The molecule has 0 aliphatic heterocycles. The number of halogens is 1. The van der Waals surface area contributed by atoms with Gasteiger partial charge in [-0.1, -0.05) is 38.2 Å². The number of fused-ring (bicyclic) bond motifs is 1. The number of hydrogen-bond donors (Lipinski definition) is 2. The van der Waals surface area contributed by atoms with Gasteiger partial charge in [0.1, 0.15) is 11.6 Å². The van der Waals surface area contributed by atoms with Crippen LogP contribution in [-0.2, 0) is 0 Å². The third-order valence-electron chi connectivity index (χ3n) is 5.94. The van der Waals surface area contributed by atoms with Crippen molar-refractivity contribution >= 4 is 11.4 Å². The third kappa shape index (κ3) is 4.17. The normalized spacial score (nSPS) is 16.1. The van der Waals surface area contributed by atoms with Crippen LogP contribution in [-0.4, -0.2) is 33.6 Å². The third-order valence-corrected chi connectivity index (χ3v) is 5.94. The average molecular weight is 395 g/mol. The van der Waals surface area contributed by atoms with Crippen molar-refractivity contribution in [2.75, 3.05) is 13.2 Å². The van der Waals surface area contributed by atoms with Gasteiger partial charge in [0.2, 0.25) is 0 Å². The highest BCUT2D eigenvalue weighted by Crippen LogP contribution is 2.30. The molecular formula is C23H26FN3O2. The molecule has 2 heterocycles. The van der Waals surface area contributed by atoms with Gasteiger partial charge in [0.25, 0.3) is 5.91 Å². The van der Waals surface area contributed by atoms with E-state index in [1.165, 1.54) is 31.4 Å². The molecule has 4 rings (SSSR count). The van der Waals surface area contributed by atoms with Crippen LogP contribution in [0.2, 0.25) is 0 Å². The maximum absolute atomic E-state index is 13.3. The minimum Gasteiger partial charge on any atom is -0.396 e. The SMILES string of the molecule is O=C(NCC(CO)C1CCCCC1)c1nc(-c2ccc(F)cc2)n2ccccc12. The van der Waals surface area contributed by atoms with Crippen LogP contribution in [0, 0.1) is 17.7 Å². The van der Waals surface area contributed by atoms with Crippen LogP contribution in [0.1, 0.15) is 42.6 Å². The van der Waals surface area contributed by atoms with E-state index in [2.05, 4.69) is 10.3 Å². The van der Waals surface area contributed by atoms with Crippen molar-refractivity contribution in [3.8, 4) is 11.4 Å². The predicted octanol–water partition coefficient (Wildman–Crippen LogP) is 4.06. The Morgan fingerprint density at radius 2 is 1.93 bits per heavy atom. The highest BCUT2D eigenvalue weighted by Gasteiger charge is 2.25. The lowest BCUT2D eigenvalue weighted by atomic mass is 9.80. The molecule has 2 N–H and O–H groups in total. The maximum Gasteiger partial charge on any atom is 0.272 e. The summed E-state index contributed by atoms with van der Waals surface area (Å²) in [7, 11) is 0. The number of aliphatic hydroxyl groups is 1. The molecule has 3 aromatic rings. The fraction of sp³-hybridized carbons (Fsp3) is 0.391. The van der Waals surface area contributed by atoms with Crippen LogP contribution in [0.4, 0.5) is 4.39 Å². The fourth-order valence-electron chi connectivity index (χ4n) is 4.30. The van der Waals surface area contributed by atoms with Gasteiger partial charge in [0.15, 0.2) is 5.69 Å². The zero-order chi connectivity index (χ0) is 20.2. The number of nitrogens with one attached hydrogen (secondary N) is 1. The summed E-state index contributed by atoms with van der Waals surface area (Å²) in [6.07, 6.45) is 7.72.